The van der Waals surface area contributed by atoms with Crippen LogP contribution in [0.25, 0.3) is 0 Å². The van der Waals surface area contributed by atoms with Crippen LogP contribution in [-0.4, -0.2) is 37.8 Å². The number of sulfonamides is 1. The highest BCUT2D eigenvalue weighted by Crippen LogP contribution is 2.25. The molecule has 1 aromatic rings. The first-order valence-electron chi connectivity index (χ1n) is 6.16. The topological polar surface area (TPSA) is 66.5 Å². The summed E-state index contributed by atoms with van der Waals surface area (Å²) in [6.45, 7) is 5.09. The number of carbonyl (C=O) groups excluding carboxylic acids is 1. The first-order chi connectivity index (χ1) is 9.43. The Hall–Kier alpha value is -0.990. The van der Waals surface area contributed by atoms with Gasteiger partial charge in [0.2, 0.25) is 15.9 Å². The molecule has 21 heavy (non-hydrogen) atoms. The van der Waals surface area contributed by atoms with E-state index in [1.807, 2.05) is 0 Å². The Morgan fingerprint density at radius 2 is 1.95 bits per heavy atom. The van der Waals surface area contributed by atoms with Crippen molar-refractivity contribution < 1.29 is 17.6 Å². The molecule has 0 aliphatic rings. The minimum atomic E-state index is -3.88. The van der Waals surface area contributed by atoms with Crippen molar-refractivity contribution in [2.45, 2.75) is 31.2 Å². The third-order valence-corrected chi connectivity index (χ3v) is 5.24. The zero-order valence-electron chi connectivity index (χ0n) is 12.3. The number of hydrogen-bond donors (Lipinski definition) is 1. The molecule has 8 heteroatoms. The van der Waals surface area contributed by atoms with Crippen molar-refractivity contribution in [1.82, 2.24) is 9.62 Å². The Kier molecular flexibility index (Phi) is 5.51. The molecule has 0 saturated heterocycles. The van der Waals surface area contributed by atoms with Crippen LogP contribution in [0.2, 0.25) is 0 Å². The highest BCUT2D eigenvalue weighted by atomic mass is 79.9. The molecule has 1 rings (SSSR count). The van der Waals surface area contributed by atoms with Crippen LogP contribution in [0.1, 0.15) is 20.8 Å². The number of halogens is 2. The number of hydrogen-bond acceptors (Lipinski definition) is 3. The molecular formula is C13H18BrFN2O3S. The Morgan fingerprint density at radius 1 is 1.38 bits per heavy atom. The lowest BCUT2D eigenvalue weighted by Crippen LogP contribution is -2.46. The van der Waals surface area contributed by atoms with E-state index in [0.717, 1.165) is 22.5 Å². The van der Waals surface area contributed by atoms with Crippen molar-refractivity contribution in [1.29, 1.82) is 0 Å². The molecule has 0 aliphatic carbocycles. The van der Waals surface area contributed by atoms with E-state index < -0.39 is 27.3 Å². The second-order valence-electron chi connectivity index (χ2n) is 5.63. The lowest BCUT2D eigenvalue weighted by atomic mass is 10.1. The van der Waals surface area contributed by atoms with E-state index in [1.165, 1.54) is 7.05 Å². The summed E-state index contributed by atoms with van der Waals surface area (Å²) in [4.78, 5) is 11.7. The van der Waals surface area contributed by atoms with Gasteiger partial charge in [-0.3, -0.25) is 4.79 Å². The van der Waals surface area contributed by atoms with Crippen LogP contribution in [0.3, 0.4) is 0 Å². The molecule has 0 aromatic heterocycles. The quantitative estimate of drug-likeness (QED) is 0.869. The first kappa shape index (κ1) is 18.1. The van der Waals surface area contributed by atoms with Gasteiger partial charge in [-0.05, 0) is 54.9 Å². The number of rotatable bonds is 4. The number of nitrogens with one attached hydrogen (secondary N) is 1. The van der Waals surface area contributed by atoms with Gasteiger partial charge in [0.15, 0.2) is 0 Å². The fourth-order valence-electron chi connectivity index (χ4n) is 1.60. The summed E-state index contributed by atoms with van der Waals surface area (Å²) in [5, 5.41) is 2.68. The fraction of sp³-hybridized carbons (Fsp3) is 0.462. The summed E-state index contributed by atoms with van der Waals surface area (Å²) < 4.78 is 38.8. The van der Waals surface area contributed by atoms with Crippen molar-refractivity contribution in [3.63, 3.8) is 0 Å². The van der Waals surface area contributed by atoms with E-state index in [2.05, 4.69) is 21.2 Å². The standard InChI is InChI=1S/C13H18BrFN2O3S/c1-13(2,3)16-12(18)8-17(4)21(19,20)11-6-5-9(15)7-10(11)14/h5-7H,8H2,1-4H3,(H,16,18). The third-order valence-electron chi connectivity index (χ3n) is 2.46. The van der Waals surface area contributed by atoms with Gasteiger partial charge in [-0.1, -0.05) is 0 Å². The van der Waals surface area contributed by atoms with Crippen molar-refractivity contribution in [2.24, 2.45) is 0 Å². The number of amides is 1. The van der Waals surface area contributed by atoms with Gasteiger partial charge in [-0.25, -0.2) is 12.8 Å². The van der Waals surface area contributed by atoms with Crippen molar-refractivity contribution in [2.75, 3.05) is 13.6 Å². The molecule has 0 saturated carbocycles. The number of likely N-dealkylation sites (N-methyl/N-ethyl adjacent to an activating group) is 1. The fourth-order valence-corrected chi connectivity index (χ4v) is 3.73. The van der Waals surface area contributed by atoms with Crippen LogP contribution in [0.5, 0.6) is 0 Å². The van der Waals surface area contributed by atoms with E-state index in [0.29, 0.717) is 0 Å². The third kappa shape index (κ3) is 5.05. The van der Waals surface area contributed by atoms with Crippen LogP contribution >= 0.6 is 15.9 Å². The Balaban J connectivity index is 2.95. The Morgan fingerprint density at radius 3 is 2.43 bits per heavy atom. The average Bonchev–Trinajstić information content (AvgIpc) is 2.25. The van der Waals surface area contributed by atoms with Crippen LogP contribution in [0, 0.1) is 5.82 Å². The minimum absolute atomic E-state index is 0.0880. The molecule has 5 nitrogen and oxygen atoms in total. The number of benzene rings is 1. The second-order valence-corrected chi connectivity index (χ2v) is 8.50. The predicted octanol–water partition coefficient (Wildman–Crippen LogP) is 2.12. The SMILES string of the molecule is CN(CC(=O)NC(C)(C)C)S(=O)(=O)c1ccc(F)cc1Br. The van der Waals surface area contributed by atoms with E-state index >= 15 is 0 Å². The van der Waals surface area contributed by atoms with Gasteiger partial charge in [0.25, 0.3) is 0 Å². The van der Waals surface area contributed by atoms with Crippen molar-refractivity contribution in [3.05, 3.63) is 28.5 Å². The summed E-state index contributed by atoms with van der Waals surface area (Å²) in [6.07, 6.45) is 0. The van der Waals surface area contributed by atoms with Gasteiger partial charge in [0.05, 0.1) is 11.4 Å². The van der Waals surface area contributed by atoms with Crippen molar-refractivity contribution in [3.8, 4) is 0 Å². The van der Waals surface area contributed by atoms with E-state index in [4.69, 9.17) is 0 Å². The first-order valence-corrected chi connectivity index (χ1v) is 8.39. The molecule has 0 spiro atoms. The summed E-state index contributed by atoms with van der Waals surface area (Å²) in [5.74, 6) is -0.958. The van der Waals surface area contributed by atoms with Gasteiger partial charge in [0, 0.05) is 17.1 Å². The van der Waals surface area contributed by atoms with E-state index in [9.17, 15) is 17.6 Å². The molecule has 0 radical (unpaired) electrons. The van der Waals surface area contributed by atoms with Gasteiger partial charge in [-0.15, -0.1) is 0 Å². The highest BCUT2D eigenvalue weighted by molar-refractivity contribution is 9.10. The molecule has 0 fully saturated rings. The largest absolute Gasteiger partial charge is 0.350 e. The predicted molar refractivity (Wildman–Crippen MR) is 81.8 cm³/mol. The molecule has 1 amide bonds. The summed E-state index contributed by atoms with van der Waals surface area (Å²) >= 11 is 3.02. The number of nitrogens with zero attached hydrogens (tertiary/aromatic N) is 1. The van der Waals surface area contributed by atoms with Gasteiger partial charge in [-0.2, -0.15) is 4.31 Å². The maximum Gasteiger partial charge on any atom is 0.244 e. The molecular weight excluding hydrogens is 363 g/mol. The van der Waals surface area contributed by atoms with Crippen LogP contribution in [0.15, 0.2) is 27.6 Å². The smallest absolute Gasteiger partial charge is 0.244 e. The highest BCUT2D eigenvalue weighted by Gasteiger charge is 2.26. The lowest BCUT2D eigenvalue weighted by Gasteiger charge is -2.23. The van der Waals surface area contributed by atoms with E-state index in [-0.39, 0.29) is 15.9 Å². The molecule has 0 bridgehead atoms. The van der Waals surface area contributed by atoms with Gasteiger partial charge >= 0.3 is 0 Å². The summed E-state index contributed by atoms with van der Waals surface area (Å²) in [5.41, 5.74) is -0.446. The zero-order valence-corrected chi connectivity index (χ0v) is 14.7. The van der Waals surface area contributed by atoms with Gasteiger partial charge < -0.3 is 5.32 Å². The monoisotopic (exact) mass is 380 g/mol. The Bertz CT molecular complexity index is 641. The summed E-state index contributed by atoms with van der Waals surface area (Å²) in [7, 11) is -2.58. The second kappa shape index (κ2) is 6.41. The molecule has 0 atom stereocenters. The minimum Gasteiger partial charge on any atom is -0.350 e. The summed E-state index contributed by atoms with van der Waals surface area (Å²) in [6, 6.07) is 3.28. The molecule has 0 heterocycles. The van der Waals surface area contributed by atoms with Crippen LogP contribution in [0.4, 0.5) is 4.39 Å². The molecule has 1 aromatic carbocycles. The normalized spacial score (nSPS) is 12.5. The molecule has 118 valence electrons. The average molecular weight is 381 g/mol. The maximum absolute atomic E-state index is 13.0. The number of carbonyl (C=O) groups is 1. The zero-order chi connectivity index (χ0) is 16.4. The van der Waals surface area contributed by atoms with Crippen LogP contribution < -0.4 is 5.32 Å². The van der Waals surface area contributed by atoms with Gasteiger partial charge in [0.1, 0.15) is 5.82 Å². The molecule has 1 N–H and O–H groups in total. The maximum atomic E-state index is 13.0. The molecule has 0 unspecified atom stereocenters. The molecule has 0 aliphatic heterocycles. The van der Waals surface area contributed by atoms with Crippen LogP contribution in [-0.2, 0) is 14.8 Å². The van der Waals surface area contributed by atoms with E-state index in [1.54, 1.807) is 20.8 Å². The lowest BCUT2D eigenvalue weighted by molar-refractivity contribution is -0.122. The van der Waals surface area contributed by atoms with Crippen molar-refractivity contribution >= 4 is 31.9 Å². The Labute approximate surface area is 132 Å².